The Hall–Kier alpha value is -2.95. The lowest BCUT2D eigenvalue weighted by atomic mass is 10.2. The van der Waals surface area contributed by atoms with Crippen LogP contribution in [0.4, 0.5) is 0 Å². The fourth-order valence-electron chi connectivity index (χ4n) is 2.00. The van der Waals surface area contributed by atoms with Crippen LogP contribution in [0.1, 0.15) is 11.3 Å². The largest absolute Gasteiger partial charge is 0.487 e. The zero-order valence-electron chi connectivity index (χ0n) is 11.2. The molecule has 21 heavy (non-hydrogen) atoms. The Morgan fingerprint density at radius 3 is 2.67 bits per heavy atom. The lowest BCUT2D eigenvalue weighted by Gasteiger charge is -2.08. The van der Waals surface area contributed by atoms with Crippen molar-refractivity contribution in [1.82, 2.24) is 9.97 Å². The molecule has 3 rings (SSSR count). The van der Waals surface area contributed by atoms with E-state index in [1.54, 1.807) is 12.3 Å². The summed E-state index contributed by atoms with van der Waals surface area (Å²) in [5.74, 6) is 0.630. The van der Waals surface area contributed by atoms with Gasteiger partial charge in [-0.05, 0) is 24.3 Å². The fourth-order valence-corrected chi connectivity index (χ4v) is 2.00. The van der Waals surface area contributed by atoms with Crippen LogP contribution >= 0.6 is 0 Å². The number of hydrogen-bond donors (Lipinski definition) is 1. The SMILES string of the molecule is O/N=C/c1ccccc1OCc1cnc2ccccc2n1. The van der Waals surface area contributed by atoms with Gasteiger partial charge >= 0.3 is 0 Å². The van der Waals surface area contributed by atoms with Crippen molar-refractivity contribution in [2.75, 3.05) is 0 Å². The second kappa shape index (κ2) is 6.00. The zero-order chi connectivity index (χ0) is 14.5. The maximum Gasteiger partial charge on any atom is 0.132 e. The molecule has 0 spiro atoms. The first kappa shape index (κ1) is 13.1. The third-order valence-electron chi connectivity index (χ3n) is 2.99. The smallest absolute Gasteiger partial charge is 0.132 e. The molecule has 2 aromatic carbocycles. The number of hydrogen-bond acceptors (Lipinski definition) is 5. The number of fused-ring (bicyclic) bond motifs is 1. The summed E-state index contributed by atoms with van der Waals surface area (Å²) >= 11 is 0. The Morgan fingerprint density at radius 1 is 1.05 bits per heavy atom. The van der Waals surface area contributed by atoms with E-state index in [0.717, 1.165) is 16.7 Å². The predicted molar refractivity (Wildman–Crippen MR) is 79.7 cm³/mol. The van der Waals surface area contributed by atoms with Gasteiger partial charge < -0.3 is 9.94 Å². The average Bonchev–Trinajstić information content (AvgIpc) is 2.54. The first-order chi connectivity index (χ1) is 10.4. The van der Waals surface area contributed by atoms with Crippen molar-refractivity contribution in [3.05, 3.63) is 66.0 Å². The summed E-state index contributed by atoms with van der Waals surface area (Å²) in [7, 11) is 0. The molecule has 0 saturated carbocycles. The lowest BCUT2D eigenvalue weighted by molar-refractivity contribution is 0.299. The van der Waals surface area contributed by atoms with Crippen LogP contribution in [0.15, 0.2) is 59.9 Å². The first-order valence-corrected chi connectivity index (χ1v) is 6.47. The maximum absolute atomic E-state index is 8.64. The number of aromatic nitrogens is 2. The summed E-state index contributed by atoms with van der Waals surface area (Å²) in [5.41, 5.74) is 3.14. The molecule has 3 aromatic rings. The molecule has 0 amide bonds. The Morgan fingerprint density at radius 2 is 1.81 bits per heavy atom. The number of para-hydroxylation sites is 3. The van der Waals surface area contributed by atoms with Crippen LogP contribution in [-0.4, -0.2) is 21.4 Å². The second-order valence-electron chi connectivity index (χ2n) is 4.42. The highest BCUT2D eigenvalue weighted by molar-refractivity contribution is 5.82. The topological polar surface area (TPSA) is 67.6 Å². The van der Waals surface area contributed by atoms with Crippen molar-refractivity contribution in [3.63, 3.8) is 0 Å². The van der Waals surface area contributed by atoms with Crippen molar-refractivity contribution < 1.29 is 9.94 Å². The molecule has 5 nitrogen and oxygen atoms in total. The van der Waals surface area contributed by atoms with Gasteiger partial charge in [0.15, 0.2) is 0 Å². The van der Waals surface area contributed by atoms with Crippen molar-refractivity contribution in [1.29, 1.82) is 0 Å². The second-order valence-corrected chi connectivity index (χ2v) is 4.42. The van der Waals surface area contributed by atoms with Gasteiger partial charge in [-0.1, -0.05) is 29.4 Å². The quantitative estimate of drug-likeness (QED) is 0.453. The third kappa shape index (κ3) is 2.97. The van der Waals surface area contributed by atoms with E-state index in [2.05, 4.69) is 15.1 Å². The first-order valence-electron chi connectivity index (χ1n) is 6.47. The predicted octanol–water partition coefficient (Wildman–Crippen LogP) is 3.02. The monoisotopic (exact) mass is 279 g/mol. The maximum atomic E-state index is 8.64. The van der Waals surface area contributed by atoms with Crippen LogP contribution in [0.5, 0.6) is 5.75 Å². The molecule has 0 fully saturated rings. The van der Waals surface area contributed by atoms with Gasteiger partial charge in [0.25, 0.3) is 0 Å². The fraction of sp³-hybridized carbons (Fsp3) is 0.0625. The molecule has 0 aliphatic carbocycles. The van der Waals surface area contributed by atoms with E-state index in [4.69, 9.17) is 9.94 Å². The van der Waals surface area contributed by atoms with Crippen LogP contribution in [0.25, 0.3) is 11.0 Å². The van der Waals surface area contributed by atoms with Gasteiger partial charge in [0.2, 0.25) is 0 Å². The van der Waals surface area contributed by atoms with E-state index < -0.39 is 0 Å². The van der Waals surface area contributed by atoms with E-state index in [0.29, 0.717) is 17.9 Å². The highest BCUT2D eigenvalue weighted by atomic mass is 16.5. The molecule has 0 unspecified atom stereocenters. The molecule has 1 heterocycles. The number of nitrogens with zero attached hydrogens (tertiary/aromatic N) is 3. The molecule has 0 aliphatic heterocycles. The Labute approximate surface area is 121 Å². The molecule has 0 atom stereocenters. The Bertz CT molecular complexity index is 787. The molecular formula is C16H13N3O2. The van der Waals surface area contributed by atoms with Crippen molar-refractivity contribution in [2.24, 2.45) is 5.16 Å². The van der Waals surface area contributed by atoms with Crippen LogP contribution in [0.2, 0.25) is 0 Å². The summed E-state index contributed by atoms with van der Waals surface area (Å²) in [6, 6.07) is 15.0. The zero-order valence-corrected chi connectivity index (χ0v) is 11.2. The van der Waals surface area contributed by atoms with Crippen molar-refractivity contribution in [3.8, 4) is 5.75 Å². The van der Waals surface area contributed by atoms with E-state index in [1.165, 1.54) is 6.21 Å². The van der Waals surface area contributed by atoms with E-state index in [-0.39, 0.29) is 0 Å². The molecule has 5 heteroatoms. The minimum atomic E-state index is 0.300. The van der Waals surface area contributed by atoms with E-state index in [9.17, 15) is 0 Å². The molecule has 0 saturated heterocycles. The van der Waals surface area contributed by atoms with Crippen LogP contribution in [-0.2, 0) is 6.61 Å². The standard InChI is InChI=1S/C16H13N3O2/c20-18-9-12-5-1-4-8-16(12)21-11-13-10-17-14-6-2-3-7-15(14)19-13/h1-10,20H,11H2/b18-9+. The summed E-state index contributed by atoms with van der Waals surface area (Å²) in [6.45, 7) is 0.300. The highest BCUT2D eigenvalue weighted by Crippen LogP contribution is 2.17. The molecular weight excluding hydrogens is 266 g/mol. The normalized spacial score (nSPS) is 11.0. The van der Waals surface area contributed by atoms with Gasteiger partial charge in [-0.3, -0.25) is 4.98 Å². The van der Waals surface area contributed by atoms with Crippen LogP contribution < -0.4 is 4.74 Å². The van der Waals surface area contributed by atoms with Crippen LogP contribution in [0.3, 0.4) is 0 Å². The Balaban J connectivity index is 1.80. The molecule has 1 N–H and O–H groups in total. The number of rotatable bonds is 4. The summed E-state index contributed by atoms with van der Waals surface area (Å²) < 4.78 is 5.72. The minimum Gasteiger partial charge on any atom is -0.487 e. The van der Waals surface area contributed by atoms with Gasteiger partial charge in [0, 0.05) is 5.56 Å². The van der Waals surface area contributed by atoms with Crippen molar-refractivity contribution in [2.45, 2.75) is 6.61 Å². The van der Waals surface area contributed by atoms with Gasteiger partial charge in [-0.2, -0.15) is 0 Å². The molecule has 0 aliphatic rings. The number of benzene rings is 2. The lowest BCUT2D eigenvalue weighted by Crippen LogP contribution is -2.01. The highest BCUT2D eigenvalue weighted by Gasteiger charge is 2.03. The molecule has 104 valence electrons. The average molecular weight is 279 g/mol. The molecule has 1 aromatic heterocycles. The number of oxime groups is 1. The van der Waals surface area contributed by atoms with Gasteiger partial charge in [0.1, 0.15) is 12.4 Å². The molecule has 0 bridgehead atoms. The minimum absolute atomic E-state index is 0.300. The van der Waals surface area contributed by atoms with Gasteiger partial charge in [-0.25, -0.2) is 4.98 Å². The Kier molecular flexibility index (Phi) is 3.73. The molecule has 0 radical (unpaired) electrons. The van der Waals surface area contributed by atoms with Crippen molar-refractivity contribution >= 4 is 17.2 Å². The summed E-state index contributed by atoms with van der Waals surface area (Å²) in [4.78, 5) is 8.84. The van der Waals surface area contributed by atoms with Gasteiger partial charge in [0.05, 0.1) is 29.1 Å². The van der Waals surface area contributed by atoms with Gasteiger partial charge in [-0.15, -0.1) is 0 Å². The number of ether oxygens (including phenoxy) is 1. The summed E-state index contributed by atoms with van der Waals surface area (Å²) in [6.07, 6.45) is 3.03. The van der Waals surface area contributed by atoms with E-state index in [1.807, 2.05) is 42.5 Å². The summed E-state index contributed by atoms with van der Waals surface area (Å²) in [5, 5.41) is 11.7. The van der Waals surface area contributed by atoms with E-state index >= 15 is 0 Å². The van der Waals surface area contributed by atoms with Crippen LogP contribution in [0, 0.1) is 0 Å². The third-order valence-corrected chi connectivity index (χ3v) is 2.99.